The van der Waals surface area contributed by atoms with Gasteiger partial charge in [0.2, 0.25) is 0 Å². The van der Waals surface area contributed by atoms with Crippen LogP contribution in [-0.4, -0.2) is 80.5 Å². The average Bonchev–Trinajstić information content (AvgIpc) is 3.33. The van der Waals surface area contributed by atoms with E-state index in [9.17, 15) is 39.9 Å². The van der Waals surface area contributed by atoms with E-state index < -0.39 is 88.8 Å². The monoisotopic (exact) mass is 697 g/mol. The Morgan fingerprint density at radius 1 is 0.940 bits per heavy atom. The molecule has 6 N–H and O–H groups in total. The number of fused-ring (bicyclic) bond motifs is 14. The SMILES string of the molecule is CO[C@H]1C=CO[C@@]2(C)Oc3c(C)c(O)c4c(O)c(cc(O)c4c3C2=O)NC(=O)C(C)=C/C=C/[C@H](C)[C@H](O)[C@@H](C)[C@@H](O)[C@@H](C)[C@H](OC(C)=O)[C@@H]1C. The maximum atomic E-state index is 13.9. The highest BCUT2D eigenvalue weighted by molar-refractivity contribution is 6.21. The molecule has 2 aromatic rings. The van der Waals surface area contributed by atoms with E-state index in [0.717, 1.165) is 6.07 Å². The Bertz CT molecular complexity index is 1760. The van der Waals surface area contributed by atoms with Crippen molar-refractivity contribution >= 4 is 34.1 Å². The molecule has 0 fully saturated rings. The number of allylic oxidation sites excluding steroid dienone is 2. The van der Waals surface area contributed by atoms with E-state index in [4.69, 9.17) is 18.9 Å². The van der Waals surface area contributed by atoms with Gasteiger partial charge in [-0.1, -0.05) is 45.9 Å². The summed E-state index contributed by atoms with van der Waals surface area (Å²) in [6.07, 6.45) is 3.62. The molecule has 13 heteroatoms. The number of carbonyl (C=O) groups excluding carboxylic acids is 3. The Balaban J connectivity index is 1.87. The topological polar surface area (TPSA) is 201 Å². The van der Waals surface area contributed by atoms with Gasteiger partial charge in [0.15, 0.2) is 5.75 Å². The molecule has 3 aliphatic heterocycles. The normalized spacial score (nSPS) is 31.5. The maximum absolute atomic E-state index is 13.9. The number of esters is 1. The highest BCUT2D eigenvalue weighted by Gasteiger charge is 2.49. The van der Waals surface area contributed by atoms with E-state index in [2.05, 4.69) is 5.32 Å². The summed E-state index contributed by atoms with van der Waals surface area (Å²) in [5, 5.41) is 58.2. The Kier molecular flexibility index (Phi) is 11.2. The second-order valence-electron chi connectivity index (χ2n) is 13.4. The number of ketones is 1. The van der Waals surface area contributed by atoms with Gasteiger partial charge in [-0.15, -0.1) is 0 Å². The van der Waals surface area contributed by atoms with Crippen molar-refractivity contribution in [2.24, 2.45) is 23.7 Å². The van der Waals surface area contributed by atoms with Crippen LogP contribution in [0.1, 0.15) is 64.4 Å². The number of phenolic OH excluding ortho intramolecular Hbond substituents is 3. The van der Waals surface area contributed by atoms with Gasteiger partial charge < -0.3 is 49.8 Å². The molecule has 3 aliphatic rings. The van der Waals surface area contributed by atoms with Crippen LogP contribution in [-0.2, 0) is 23.8 Å². The summed E-state index contributed by atoms with van der Waals surface area (Å²) in [6.45, 7) is 12.5. The molecule has 50 heavy (non-hydrogen) atoms. The van der Waals surface area contributed by atoms with Crippen molar-refractivity contribution in [3.05, 3.63) is 53.3 Å². The number of nitrogens with one attached hydrogen (secondary N) is 1. The van der Waals surface area contributed by atoms with E-state index in [0.29, 0.717) is 0 Å². The summed E-state index contributed by atoms with van der Waals surface area (Å²) in [5.41, 5.74) is -0.0929. The summed E-state index contributed by atoms with van der Waals surface area (Å²) < 4.78 is 23.2. The number of aromatic hydroxyl groups is 3. The molecule has 9 atom stereocenters. The standard InChI is InChI=1S/C37H47NO12/c1-16-11-10-12-17(2)36(46)38-23-15-24(40)26-27(32(23)44)31(43)21(6)34-28(26)35(45)37(8,50-34)48-14-13-25(47-9)18(3)33(49-22(7)39)20(5)30(42)19(4)29(16)41/h10-16,18-20,25,29-30,33,40-44H,1-9H3,(H,38,46)/b11-10+,14-13?,17-12?/t16-,18+,19+,20+,25-,29-,30+,33+,37-/m0/s1. The minimum atomic E-state index is -1.98. The fourth-order valence-electron chi connectivity index (χ4n) is 6.65. The van der Waals surface area contributed by atoms with E-state index in [1.807, 2.05) is 0 Å². The van der Waals surface area contributed by atoms with Crippen molar-refractivity contribution in [3.8, 4) is 23.0 Å². The second-order valence-corrected chi connectivity index (χ2v) is 13.4. The maximum Gasteiger partial charge on any atom is 0.312 e. The van der Waals surface area contributed by atoms with Gasteiger partial charge in [0.05, 0.1) is 41.2 Å². The Hall–Kier alpha value is -4.59. The number of aliphatic hydroxyl groups is 2. The molecule has 0 unspecified atom stereocenters. The van der Waals surface area contributed by atoms with Crippen LogP contribution >= 0.6 is 0 Å². The number of amides is 1. The molecule has 0 aromatic heterocycles. The van der Waals surface area contributed by atoms with Crippen molar-refractivity contribution in [1.29, 1.82) is 0 Å². The van der Waals surface area contributed by atoms with Crippen LogP contribution in [0.5, 0.6) is 23.0 Å². The van der Waals surface area contributed by atoms with Crippen molar-refractivity contribution in [2.45, 2.75) is 85.6 Å². The van der Waals surface area contributed by atoms with Gasteiger partial charge in [-0.2, -0.15) is 0 Å². The summed E-state index contributed by atoms with van der Waals surface area (Å²) in [5.74, 6) is -7.99. The first kappa shape index (κ1) is 38.2. The molecule has 0 radical (unpaired) electrons. The number of ether oxygens (including phenoxy) is 4. The van der Waals surface area contributed by atoms with Crippen molar-refractivity contribution in [1.82, 2.24) is 0 Å². The summed E-state index contributed by atoms with van der Waals surface area (Å²) in [6, 6.07) is 1.06. The number of anilines is 1. The number of benzene rings is 2. The highest BCUT2D eigenvalue weighted by atomic mass is 16.7. The number of Topliss-reactive ketones (excluding diaryl/α,β-unsaturated/α-hetero) is 1. The van der Waals surface area contributed by atoms with Gasteiger partial charge in [-0.3, -0.25) is 14.4 Å². The Morgan fingerprint density at radius 2 is 1.60 bits per heavy atom. The van der Waals surface area contributed by atoms with Crippen LogP contribution in [0.15, 0.2) is 42.2 Å². The van der Waals surface area contributed by atoms with Gasteiger partial charge in [0, 0.05) is 67.2 Å². The lowest BCUT2D eigenvalue weighted by Gasteiger charge is -2.38. The first-order valence-corrected chi connectivity index (χ1v) is 16.4. The third-order valence-corrected chi connectivity index (χ3v) is 9.84. The van der Waals surface area contributed by atoms with E-state index in [1.54, 1.807) is 39.8 Å². The summed E-state index contributed by atoms with van der Waals surface area (Å²) >= 11 is 0. The van der Waals surface area contributed by atoms with Crippen LogP contribution < -0.4 is 10.1 Å². The highest BCUT2D eigenvalue weighted by Crippen LogP contribution is 2.53. The lowest BCUT2D eigenvalue weighted by molar-refractivity contribution is -0.160. The first-order valence-electron chi connectivity index (χ1n) is 16.4. The number of phenols is 3. The van der Waals surface area contributed by atoms with Crippen molar-refractivity contribution in [2.75, 3.05) is 12.4 Å². The van der Waals surface area contributed by atoms with Crippen LogP contribution in [0, 0.1) is 30.6 Å². The van der Waals surface area contributed by atoms with E-state index in [1.165, 1.54) is 53.2 Å². The number of aliphatic hydroxyl groups excluding tert-OH is 2. The molecule has 5 rings (SSSR count). The van der Waals surface area contributed by atoms with Crippen LogP contribution in [0.3, 0.4) is 0 Å². The minimum Gasteiger partial charge on any atom is -0.507 e. The lowest BCUT2D eigenvalue weighted by atomic mass is 9.78. The van der Waals surface area contributed by atoms with Crippen LogP contribution in [0.4, 0.5) is 5.69 Å². The molecule has 272 valence electrons. The molecule has 1 amide bonds. The van der Waals surface area contributed by atoms with E-state index >= 15 is 0 Å². The number of hydrogen-bond acceptors (Lipinski definition) is 12. The predicted octanol–water partition coefficient (Wildman–Crippen LogP) is 4.75. The first-order chi connectivity index (χ1) is 23.4. The average molecular weight is 698 g/mol. The fourth-order valence-corrected chi connectivity index (χ4v) is 6.65. The lowest BCUT2D eigenvalue weighted by Crippen LogP contribution is -2.46. The smallest absolute Gasteiger partial charge is 0.312 e. The molecule has 13 nitrogen and oxygen atoms in total. The fraction of sp³-hybridized carbons (Fsp3) is 0.486. The largest absolute Gasteiger partial charge is 0.507 e. The number of carbonyl (C=O) groups is 3. The van der Waals surface area contributed by atoms with E-state index in [-0.39, 0.29) is 38.9 Å². The third kappa shape index (κ3) is 7.03. The van der Waals surface area contributed by atoms with Gasteiger partial charge in [0.1, 0.15) is 23.4 Å². The van der Waals surface area contributed by atoms with Crippen LogP contribution in [0.2, 0.25) is 0 Å². The second kappa shape index (κ2) is 14.7. The number of rotatable bonds is 2. The van der Waals surface area contributed by atoms with Crippen LogP contribution in [0.25, 0.3) is 10.8 Å². The molecule has 3 heterocycles. The van der Waals surface area contributed by atoms with Crippen molar-refractivity contribution in [3.63, 3.8) is 0 Å². The molecule has 5 bridgehead atoms. The zero-order valence-electron chi connectivity index (χ0n) is 29.7. The molecule has 0 saturated heterocycles. The van der Waals surface area contributed by atoms with Gasteiger partial charge in [0.25, 0.3) is 11.7 Å². The third-order valence-electron chi connectivity index (χ3n) is 9.84. The number of hydrogen-bond donors (Lipinski definition) is 6. The summed E-state index contributed by atoms with van der Waals surface area (Å²) in [4.78, 5) is 39.2. The Labute approximate surface area is 290 Å². The minimum absolute atomic E-state index is 0.0709. The molecule has 0 spiro atoms. The van der Waals surface area contributed by atoms with Gasteiger partial charge in [-0.25, -0.2) is 0 Å². The van der Waals surface area contributed by atoms with Gasteiger partial charge in [-0.05, 0) is 19.9 Å². The number of methoxy groups -OCH3 is 1. The van der Waals surface area contributed by atoms with Gasteiger partial charge >= 0.3 is 11.8 Å². The molecule has 0 aliphatic carbocycles. The predicted molar refractivity (Wildman–Crippen MR) is 184 cm³/mol. The summed E-state index contributed by atoms with van der Waals surface area (Å²) in [7, 11) is 1.43. The molecular formula is C37H47NO12. The molecule has 2 aromatic carbocycles. The molecule has 0 saturated carbocycles. The Morgan fingerprint density at radius 3 is 2.22 bits per heavy atom. The zero-order valence-corrected chi connectivity index (χ0v) is 29.7. The molecular weight excluding hydrogens is 650 g/mol. The van der Waals surface area contributed by atoms with Crippen molar-refractivity contribution < 1.29 is 58.9 Å². The quantitative estimate of drug-likeness (QED) is 0.143. The zero-order chi connectivity index (χ0) is 37.4.